The summed E-state index contributed by atoms with van der Waals surface area (Å²) in [6.07, 6.45) is 0. The monoisotopic (exact) mass is 283 g/mol. The summed E-state index contributed by atoms with van der Waals surface area (Å²) in [7, 11) is -4.27. The van der Waals surface area contributed by atoms with Gasteiger partial charge in [-0.2, -0.15) is 0 Å². The summed E-state index contributed by atoms with van der Waals surface area (Å²) in [5.41, 5.74) is 15.9. The van der Waals surface area contributed by atoms with E-state index < -0.39 is 10.2 Å². The van der Waals surface area contributed by atoms with Gasteiger partial charge in [0.2, 0.25) is 5.91 Å². The molecule has 0 fully saturated rings. The SMILES string of the molecule is CC(=O)Nc1ccccc1.[N-]=[N+]=NS(=O)(=O)N=[N+]=[N-]. The fraction of sp³-hybridized carbons (Fsp3) is 0.125. The van der Waals surface area contributed by atoms with Crippen molar-refractivity contribution < 1.29 is 13.2 Å². The maximum absolute atomic E-state index is 10.5. The number of para-hydroxylation sites is 1. The molecule has 1 N–H and O–H groups in total. The zero-order chi connectivity index (χ0) is 14.7. The van der Waals surface area contributed by atoms with E-state index in [4.69, 9.17) is 11.1 Å². The smallest absolute Gasteiger partial charge is 0.321 e. The zero-order valence-corrected chi connectivity index (χ0v) is 10.5. The molecule has 0 saturated heterocycles. The van der Waals surface area contributed by atoms with Gasteiger partial charge in [-0.15, -0.1) is 0 Å². The van der Waals surface area contributed by atoms with Crippen LogP contribution in [0.2, 0.25) is 0 Å². The van der Waals surface area contributed by atoms with Gasteiger partial charge < -0.3 is 5.32 Å². The van der Waals surface area contributed by atoms with Gasteiger partial charge in [0.25, 0.3) is 0 Å². The molecule has 100 valence electrons. The summed E-state index contributed by atoms with van der Waals surface area (Å²) in [5.74, 6) is -0.0359. The molecule has 0 aliphatic heterocycles. The molecule has 1 aromatic rings. The summed E-state index contributed by atoms with van der Waals surface area (Å²) in [6, 6.07) is 9.37. The second-order valence-electron chi connectivity index (χ2n) is 2.84. The second-order valence-corrected chi connectivity index (χ2v) is 4.06. The first-order valence-electron chi connectivity index (χ1n) is 4.61. The Morgan fingerprint density at radius 1 is 1.16 bits per heavy atom. The standard InChI is InChI=1S/C8H9NO.N6O2S/c1-7(10)9-8-5-3-2-4-6-8;1-3-5-9(7,8)6-4-2/h2-6H,1H3,(H,9,10);. The molecule has 0 radical (unpaired) electrons. The van der Waals surface area contributed by atoms with Crippen LogP contribution in [0.15, 0.2) is 39.4 Å². The van der Waals surface area contributed by atoms with Gasteiger partial charge in [-0.25, -0.2) is 8.42 Å². The quantitative estimate of drug-likeness (QED) is 0.513. The molecule has 0 aliphatic rings. The van der Waals surface area contributed by atoms with Gasteiger partial charge in [0, 0.05) is 31.5 Å². The van der Waals surface area contributed by atoms with Crippen LogP contribution in [0.25, 0.3) is 20.9 Å². The third kappa shape index (κ3) is 9.01. The highest BCUT2D eigenvalue weighted by atomic mass is 32.2. The lowest BCUT2D eigenvalue weighted by molar-refractivity contribution is -0.114. The van der Waals surface area contributed by atoms with E-state index in [0.29, 0.717) is 0 Å². The molecule has 0 aliphatic carbocycles. The molecule has 1 aromatic carbocycles. The van der Waals surface area contributed by atoms with Gasteiger partial charge in [-0.05, 0) is 23.2 Å². The Labute approximate surface area is 108 Å². The molecule has 0 spiro atoms. The van der Waals surface area contributed by atoms with Crippen LogP contribution in [-0.4, -0.2) is 14.3 Å². The molecule has 0 heterocycles. The molecule has 19 heavy (non-hydrogen) atoms. The Kier molecular flexibility index (Phi) is 7.16. The first-order chi connectivity index (χ1) is 8.91. The molecule has 1 rings (SSSR count). The summed E-state index contributed by atoms with van der Waals surface area (Å²) >= 11 is 0. The number of hydrogen-bond acceptors (Lipinski definition) is 3. The van der Waals surface area contributed by atoms with Gasteiger partial charge in [-0.3, -0.25) is 4.79 Å². The lowest BCUT2D eigenvalue weighted by atomic mass is 10.3. The summed E-state index contributed by atoms with van der Waals surface area (Å²) in [6.45, 7) is 1.49. The van der Waals surface area contributed by atoms with Gasteiger partial charge in [0.05, 0.1) is 0 Å². The topological polar surface area (TPSA) is 161 Å². The minimum Gasteiger partial charge on any atom is -0.326 e. The highest BCUT2D eigenvalue weighted by Crippen LogP contribution is 2.03. The van der Waals surface area contributed by atoms with Gasteiger partial charge in [0.15, 0.2) is 0 Å². The maximum Gasteiger partial charge on any atom is 0.321 e. The predicted molar refractivity (Wildman–Crippen MR) is 68.0 cm³/mol. The van der Waals surface area contributed by atoms with Crippen molar-refractivity contribution in [2.75, 3.05) is 5.32 Å². The lowest BCUT2D eigenvalue weighted by Crippen LogP contribution is -2.04. The number of nitrogens with one attached hydrogen (secondary N) is 1. The average molecular weight is 283 g/mol. The van der Waals surface area contributed by atoms with E-state index in [-0.39, 0.29) is 5.91 Å². The van der Waals surface area contributed by atoms with E-state index in [2.05, 4.69) is 14.4 Å². The van der Waals surface area contributed by atoms with Crippen molar-refractivity contribution in [3.05, 3.63) is 51.2 Å². The Balaban J connectivity index is 0.000000344. The maximum atomic E-state index is 10.5. The Hall–Kier alpha value is -2.74. The van der Waals surface area contributed by atoms with E-state index in [0.717, 1.165) is 5.69 Å². The van der Waals surface area contributed by atoms with Crippen molar-refractivity contribution in [3.63, 3.8) is 0 Å². The minimum atomic E-state index is -4.27. The van der Waals surface area contributed by atoms with Crippen LogP contribution >= 0.6 is 0 Å². The summed E-state index contributed by atoms with van der Waals surface area (Å²) in [4.78, 5) is 14.3. The Morgan fingerprint density at radius 2 is 1.63 bits per heavy atom. The molecule has 0 atom stereocenters. The number of hydrogen-bond donors (Lipinski definition) is 1. The molecule has 0 saturated carbocycles. The van der Waals surface area contributed by atoms with E-state index in [9.17, 15) is 13.2 Å². The van der Waals surface area contributed by atoms with Crippen molar-refractivity contribution in [2.24, 2.45) is 9.04 Å². The Morgan fingerprint density at radius 3 is 2.00 bits per heavy atom. The molecule has 0 bridgehead atoms. The van der Waals surface area contributed by atoms with E-state index >= 15 is 0 Å². The summed E-state index contributed by atoms with van der Waals surface area (Å²) in [5, 5.41) is 2.67. The molecule has 0 aromatic heterocycles. The molecular formula is C8H9N7O3S. The van der Waals surface area contributed by atoms with E-state index in [1.54, 1.807) is 0 Å². The van der Waals surface area contributed by atoms with Crippen molar-refractivity contribution in [1.29, 1.82) is 0 Å². The first kappa shape index (κ1) is 16.3. The number of rotatable bonds is 3. The van der Waals surface area contributed by atoms with Crippen molar-refractivity contribution >= 4 is 21.8 Å². The van der Waals surface area contributed by atoms with Crippen molar-refractivity contribution in [3.8, 4) is 0 Å². The number of anilines is 1. The Bertz CT molecular complexity index is 591. The van der Waals surface area contributed by atoms with Crippen molar-refractivity contribution in [2.45, 2.75) is 6.92 Å². The van der Waals surface area contributed by atoms with E-state index in [1.165, 1.54) is 6.92 Å². The third-order valence-corrected chi connectivity index (χ3v) is 1.93. The van der Waals surface area contributed by atoms with Gasteiger partial charge in [0.1, 0.15) is 0 Å². The normalized spacial score (nSPS) is 8.89. The zero-order valence-electron chi connectivity index (χ0n) is 9.70. The van der Waals surface area contributed by atoms with Crippen LogP contribution in [0.1, 0.15) is 6.92 Å². The fourth-order valence-electron chi connectivity index (χ4n) is 0.833. The lowest BCUT2D eigenvalue weighted by Gasteiger charge is -1.98. The van der Waals surface area contributed by atoms with Gasteiger partial charge in [-0.1, -0.05) is 18.2 Å². The van der Waals surface area contributed by atoms with Gasteiger partial charge >= 0.3 is 10.2 Å². The van der Waals surface area contributed by atoms with Crippen LogP contribution in [0, 0.1) is 0 Å². The number of azide groups is 1. The van der Waals surface area contributed by atoms with E-state index in [1.807, 2.05) is 40.2 Å². The van der Waals surface area contributed by atoms with Crippen LogP contribution in [0.5, 0.6) is 0 Å². The molecular weight excluding hydrogens is 274 g/mol. The molecule has 1 amide bonds. The number of benzene rings is 1. The number of amides is 1. The summed E-state index contributed by atoms with van der Waals surface area (Å²) < 4.78 is 24.3. The second kappa shape index (κ2) is 8.37. The largest absolute Gasteiger partial charge is 0.326 e. The van der Waals surface area contributed by atoms with Crippen molar-refractivity contribution in [1.82, 2.24) is 0 Å². The van der Waals surface area contributed by atoms with Crippen LogP contribution in [-0.2, 0) is 15.0 Å². The number of nitrogens with zero attached hydrogens (tertiary/aromatic N) is 6. The third-order valence-electron chi connectivity index (χ3n) is 1.37. The predicted octanol–water partition coefficient (Wildman–Crippen LogP) is 2.50. The highest BCUT2D eigenvalue weighted by molar-refractivity contribution is 7.88. The molecule has 10 nitrogen and oxygen atoms in total. The fourth-order valence-corrected chi connectivity index (χ4v) is 1.05. The van der Waals surface area contributed by atoms with Crippen LogP contribution in [0.4, 0.5) is 5.69 Å². The van der Waals surface area contributed by atoms with Crippen LogP contribution < -0.4 is 5.32 Å². The average Bonchev–Trinajstić information content (AvgIpc) is 2.30. The number of carbonyl (C=O) groups excluding carboxylic acids is 1. The first-order valence-corrected chi connectivity index (χ1v) is 6.01. The number of carbonyl (C=O) groups is 1. The minimum absolute atomic E-state index is 0.0359. The molecule has 11 heteroatoms. The molecule has 0 unspecified atom stereocenters. The van der Waals surface area contributed by atoms with Crippen LogP contribution in [0.3, 0.4) is 0 Å². The highest BCUT2D eigenvalue weighted by Gasteiger charge is 1.99.